The Kier molecular flexibility index (Phi) is 5.27. The van der Waals surface area contributed by atoms with Crippen LogP contribution >= 0.6 is 11.8 Å². The smallest absolute Gasteiger partial charge is 0.257 e. The molecular weight excluding hydrogens is 366 g/mol. The molecule has 0 atom stereocenters. The minimum absolute atomic E-state index is 0.0588. The molecule has 2 heterocycles. The van der Waals surface area contributed by atoms with E-state index in [1.807, 2.05) is 40.9 Å². The van der Waals surface area contributed by atoms with E-state index in [1.165, 1.54) is 16.7 Å². The summed E-state index contributed by atoms with van der Waals surface area (Å²) in [4.78, 5) is 19.8. The zero-order valence-electron chi connectivity index (χ0n) is 16.6. The number of rotatable bonds is 3. The number of thioether (sulfide) groups is 1. The predicted molar refractivity (Wildman–Crippen MR) is 119 cm³/mol. The average Bonchev–Trinajstić information content (AvgIpc) is 2.70. The van der Waals surface area contributed by atoms with Gasteiger partial charge in [-0.2, -0.15) is 11.8 Å². The number of hydrogen-bond donors (Lipinski definition) is 1. The lowest BCUT2D eigenvalue weighted by molar-refractivity contribution is 0.0773. The molecule has 1 saturated heterocycles. The van der Waals surface area contributed by atoms with E-state index in [9.17, 15) is 4.79 Å². The van der Waals surface area contributed by atoms with Gasteiger partial charge in [-0.15, -0.1) is 0 Å². The Morgan fingerprint density at radius 2 is 1.71 bits per heavy atom. The number of hydrogen-bond acceptors (Lipinski definition) is 4. The van der Waals surface area contributed by atoms with Crippen molar-refractivity contribution in [3.63, 3.8) is 0 Å². The summed E-state index contributed by atoms with van der Waals surface area (Å²) in [7, 11) is 0. The lowest BCUT2D eigenvalue weighted by atomic mass is 10.0. The molecule has 144 valence electrons. The first-order valence-electron chi connectivity index (χ1n) is 9.64. The second-order valence-electron chi connectivity index (χ2n) is 7.37. The van der Waals surface area contributed by atoms with Crippen LogP contribution in [0.2, 0.25) is 0 Å². The van der Waals surface area contributed by atoms with E-state index < -0.39 is 0 Å². The third-order valence-electron chi connectivity index (χ3n) is 5.23. The summed E-state index contributed by atoms with van der Waals surface area (Å²) in [5.41, 5.74) is 7.02. The van der Waals surface area contributed by atoms with Gasteiger partial charge in [-0.3, -0.25) is 9.78 Å². The van der Waals surface area contributed by atoms with E-state index in [1.54, 1.807) is 6.20 Å². The first-order chi connectivity index (χ1) is 13.5. The summed E-state index contributed by atoms with van der Waals surface area (Å²) in [6.07, 6.45) is 1.73. The molecule has 0 radical (unpaired) electrons. The highest BCUT2D eigenvalue weighted by molar-refractivity contribution is 7.99. The van der Waals surface area contributed by atoms with Crippen molar-refractivity contribution in [2.75, 3.05) is 29.9 Å². The van der Waals surface area contributed by atoms with Gasteiger partial charge in [0.15, 0.2) is 0 Å². The number of para-hydroxylation sites is 1. The van der Waals surface area contributed by atoms with Crippen LogP contribution in [0.25, 0.3) is 10.9 Å². The maximum Gasteiger partial charge on any atom is 0.257 e. The van der Waals surface area contributed by atoms with Gasteiger partial charge in [-0.1, -0.05) is 35.9 Å². The van der Waals surface area contributed by atoms with E-state index >= 15 is 0 Å². The maximum atomic E-state index is 13.3. The topological polar surface area (TPSA) is 45.2 Å². The molecule has 5 heteroatoms. The monoisotopic (exact) mass is 391 g/mol. The normalized spacial score (nSPS) is 14.3. The van der Waals surface area contributed by atoms with Crippen LogP contribution in [0, 0.1) is 20.8 Å². The number of carbonyl (C=O) groups excluding carboxylic acids is 1. The Hall–Kier alpha value is -2.53. The Labute approximate surface area is 170 Å². The number of nitrogens with one attached hydrogen (secondary N) is 1. The van der Waals surface area contributed by atoms with Crippen molar-refractivity contribution < 1.29 is 4.79 Å². The first kappa shape index (κ1) is 18.8. The number of benzene rings is 2. The summed E-state index contributed by atoms with van der Waals surface area (Å²) >= 11 is 1.90. The van der Waals surface area contributed by atoms with E-state index in [2.05, 4.69) is 43.2 Å². The van der Waals surface area contributed by atoms with Crippen molar-refractivity contribution in [3.8, 4) is 0 Å². The molecule has 0 bridgehead atoms. The fourth-order valence-corrected chi connectivity index (χ4v) is 4.78. The molecule has 1 fully saturated rings. The third-order valence-corrected chi connectivity index (χ3v) is 6.17. The molecule has 2 aromatic carbocycles. The highest BCUT2D eigenvalue weighted by Crippen LogP contribution is 2.33. The quantitative estimate of drug-likeness (QED) is 0.675. The molecule has 1 aromatic heterocycles. The van der Waals surface area contributed by atoms with Crippen LogP contribution in [0.4, 0.5) is 11.4 Å². The number of carbonyl (C=O) groups is 1. The van der Waals surface area contributed by atoms with Gasteiger partial charge in [0.2, 0.25) is 0 Å². The zero-order valence-corrected chi connectivity index (χ0v) is 17.4. The summed E-state index contributed by atoms with van der Waals surface area (Å²) in [5.74, 6) is 2.04. The van der Waals surface area contributed by atoms with Crippen LogP contribution in [-0.4, -0.2) is 40.4 Å². The van der Waals surface area contributed by atoms with E-state index in [4.69, 9.17) is 0 Å². The summed E-state index contributed by atoms with van der Waals surface area (Å²) in [6, 6.07) is 12.3. The van der Waals surface area contributed by atoms with Crippen LogP contribution in [0.3, 0.4) is 0 Å². The second-order valence-corrected chi connectivity index (χ2v) is 8.59. The largest absolute Gasteiger partial charge is 0.354 e. The van der Waals surface area contributed by atoms with E-state index in [0.29, 0.717) is 5.56 Å². The van der Waals surface area contributed by atoms with Gasteiger partial charge in [-0.05, 0) is 38.0 Å². The van der Waals surface area contributed by atoms with Gasteiger partial charge in [0, 0.05) is 41.9 Å². The number of nitrogens with zero attached hydrogens (tertiary/aromatic N) is 2. The first-order valence-corrected chi connectivity index (χ1v) is 10.8. The number of fused-ring (bicyclic) bond motifs is 1. The van der Waals surface area contributed by atoms with E-state index in [0.717, 1.165) is 46.9 Å². The lowest BCUT2D eigenvalue weighted by Gasteiger charge is -2.27. The number of pyridine rings is 1. The predicted octanol–water partition coefficient (Wildman–Crippen LogP) is 5.09. The maximum absolute atomic E-state index is 13.3. The minimum Gasteiger partial charge on any atom is -0.354 e. The Balaban J connectivity index is 1.84. The van der Waals surface area contributed by atoms with Crippen molar-refractivity contribution in [1.82, 2.24) is 9.88 Å². The fraction of sp³-hybridized carbons (Fsp3) is 0.304. The van der Waals surface area contributed by atoms with E-state index in [-0.39, 0.29) is 5.91 Å². The Morgan fingerprint density at radius 1 is 1.04 bits per heavy atom. The van der Waals surface area contributed by atoms with Crippen LogP contribution in [-0.2, 0) is 0 Å². The molecule has 0 spiro atoms. The number of aromatic nitrogens is 1. The van der Waals surface area contributed by atoms with Crippen molar-refractivity contribution in [3.05, 3.63) is 64.8 Å². The van der Waals surface area contributed by atoms with Crippen LogP contribution in [0.1, 0.15) is 27.0 Å². The molecule has 1 aliphatic rings. The fourth-order valence-electron chi connectivity index (χ4n) is 3.88. The standard InChI is InChI=1S/C23H25N3OS/c1-15-12-16(2)21(17(3)13-15)25-22-18-6-4-5-7-20(18)24-14-19(22)23(27)26-8-10-28-11-9-26/h4-7,12-14H,8-11H2,1-3H3,(H,24,25). The third kappa shape index (κ3) is 3.59. The number of anilines is 2. The van der Waals surface area contributed by atoms with Gasteiger partial charge in [0.1, 0.15) is 0 Å². The zero-order chi connectivity index (χ0) is 19.7. The molecule has 3 aromatic rings. The molecule has 1 N–H and O–H groups in total. The molecule has 4 rings (SSSR count). The molecule has 28 heavy (non-hydrogen) atoms. The summed E-state index contributed by atoms with van der Waals surface area (Å²) < 4.78 is 0. The molecule has 0 unspecified atom stereocenters. The van der Waals surface area contributed by atoms with Gasteiger partial charge in [0.25, 0.3) is 5.91 Å². The lowest BCUT2D eigenvalue weighted by Crippen LogP contribution is -2.38. The molecule has 1 aliphatic heterocycles. The molecule has 0 saturated carbocycles. The molecule has 0 aliphatic carbocycles. The Morgan fingerprint density at radius 3 is 2.43 bits per heavy atom. The van der Waals surface area contributed by atoms with Crippen molar-refractivity contribution in [2.45, 2.75) is 20.8 Å². The minimum atomic E-state index is 0.0588. The highest BCUT2D eigenvalue weighted by atomic mass is 32.2. The van der Waals surface area contributed by atoms with Crippen molar-refractivity contribution in [2.24, 2.45) is 0 Å². The van der Waals surface area contributed by atoms with Crippen LogP contribution in [0.15, 0.2) is 42.6 Å². The van der Waals surface area contributed by atoms with Crippen LogP contribution in [0.5, 0.6) is 0 Å². The van der Waals surface area contributed by atoms with Crippen molar-refractivity contribution >= 4 is 39.9 Å². The second kappa shape index (κ2) is 7.84. The number of aryl methyl sites for hydroxylation is 3. The van der Waals surface area contributed by atoms with Gasteiger partial charge in [-0.25, -0.2) is 0 Å². The molecule has 4 nitrogen and oxygen atoms in total. The average molecular weight is 392 g/mol. The van der Waals surface area contributed by atoms with Gasteiger partial charge < -0.3 is 10.2 Å². The summed E-state index contributed by atoms with van der Waals surface area (Å²) in [6.45, 7) is 7.90. The van der Waals surface area contributed by atoms with Crippen LogP contribution < -0.4 is 5.32 Å². The SMILES string of the molecule is Cc1cc(C)c(Nc2c(C(=O)N3CCSCC3)cnc3ccccc23)c(C)c1. The highest BCUT2D eigenvalue weighted by Gasteiger charge is 2.23. The summed E-state index contributed by atoms with van der Waals surface area (Å²) in [5, 5.41) is 4.58. The Bertz CT molecular complexity index is 1020. The van der Waals surface area contributed by atoms with Gasteiger partial charge >= 0.3 is 0 Å². The van der Waals surface area contributed by atoms with Crippen molar-refractivity contribution in [1.29, 1.82) is 0 Å². The van der Waals surface area contributed by atoms with Gasteiger partial charge in [0.05, 0.1) is 16.8 Å². The molecular formula is C23H25N3OS. The number of amides is 1. The molecule has 1 amide bonds.